The number of nitrogens with zero attached hydrogens (tertiary/aromatic N) is 1. The third-order valence-electron chi connectivity index (χ3n) is 1.59. The van der Waals surface area contributed by atoms with Gasteiger partial charge in [0, 0.05) is 6.08 Å². The van der Waals surface area contributed by atoms with E-state index in [-0.39, 0.29) is 6.61 Å². The Bertz CT molecular complexity index is 220. The zero-order valence-corrected chi connectivity index (χ0v) is 7.67. The fourth-order valence-electron chi connectivity index (χ4n) is 0.793. The van der Waals surface area contributed by atoms with Crippen molar-refractivity contribution in [2.24, 2.45) is 0 Å². The lowest BCUT2D eigenvalue weighted by atomic mass is 10.1. The van der Waals surface area contributed by atoms with E-state index in [2.05, 4.69) is 0 Å². The average molecular weight is 165 g/mol. The molecule has 0 amide bonds. The van der Waals surface area contributed by atoms with Crippen molar-refractivity contribution >= 4 is 0 Å². The summed E-state index contributed by atoms with van der Waals surface area (Å²) in [6.07, 6.45) is 5.35. The molecule has 0 fully saturated rings. The predicted octanol–water partition coefficient (Wildman–Crippen LogP) is 2.18. The molecule has 0 unspecified atom stereocenters. The van der Waals surface area contributed by atoms with Crippen molar-refractivity contribution in [1.82, 2.24) is 0 Å². The van der Waals surface area contributed by atoms with Gasteiger partial charge in [-0.05, 0) is 26.7 Å². The van der Waals surface area contributed by atoms with Crippen LogP contribution in [0, 0.1) is 11.3 Å². The second-order valence-electron chi connectivity index (χ2n) is 2.87. The summed E-state index contributed by atoms with van der Waals surface area (Å²) >= 11 is 0. The van der Waals surface area contributed by atoms with Gasteiger partial charge in [0.1, 0.15) is 0 Å². The van der Waals surface area contributed by atoms with Crippen LogP contribution in [0.4, 0.5) is 0 Å². The summed E-state index contributed by atoms with van der Waals surface area (Å²) in [4.78, 5) is 0. The first-order chi connectivity index (χ1) is 5.70. The first-order valence-electron chi connectivity index (χ1n) is 4.02. The fourth-order valence-corrected chi connectivity index (χ4v) is 0.793. The van der Waals surface area contributed by atoms with E-state index in [0.717, 1.165) is 24.0 Å². The Morgan fingerprint density at radius 2 is 2.08 bits per heavy atom. The van der Waals surface area contributed by atoms with Crippen molar-refractivity contribution in [3.63, 3.8) is 0 Å². The van der Waals surface area contributed by atoms with Gasteiger partial charge in [0.15, 0.2) is 0 Å². The van der Waals surface area contributed by atoms with Crippen LogP contribution in [0.2, 0.25) is 0 Å². The van der Waals surface area contributed by atoms with E-state index in [1.54, 1.807) is 6.08 Å². The number of hydrogen-bond donors (Lipinski definition) is 1. The summed E-state index contributed by atoms with van der Waals surface area (Å²) in [6.45, 7) is 3.95. The molecule has 0 heterocycles. The molecular weight excluding hydrogens is 150 g/mol. The molecule has 0 saturated heterocycles. The van der Waals surface area contributed by atoms with Crippen molar-refractivity contribution in [3.8, 4) is 6.07 Å². The molecule has 0 spiro atoms. The van der Waals surface area contributed by atoms with Gasteiger partial charge in [-0.2, -0.15) is 5.26 Å². The third kappa shape index (κ3) is 5.70. The van der Waals surface area contributed by atoms with E-state index >= 15 is 0 Å². The smallest absolute Gasteiger partial charge is 0.0911 e. The predicted molar refractivity (Wildman–Crippen MR) is 49.4 cm³/mol. The van der Waals surface area contributed by atoms with Gasteiger partial charge in [0.05, 0.1) is 12.7 Å². The molecule has 0 aromatic rings. The Morgan fingerprint density at radius 1 is 1.42 bits per heavy atom. The molecule has 12 heavy (non-hydrogen) atoms. The molecular formula is C10H15NO. The number of nitriles is 1. The zero-order chi connectivity index (χ0) is 9.40. The van der Waals surface area contributed by atoms with Crippen molar-refractivity contribution in [3.05, 3.63) is 23.3 Å². The lowest BCUT2D eigenvalue weighted by molar-refractivity contribution is 0.331. The van der Waals surface area contributed by atoms with Crippen LogP contribution in [0.1, 0.15) is 26.7 Å². The number of rotatable bonds is 4. The summed E-state index contributed by atoms with van der Waals surface area (Å²) in [5.74, 6) is 0. The maximum absolute atomic E-state index is 8.67. The lowest BCUT2D eigenvalue weighted by Crippen LogP contribution is -1.84. The molecule has 0 aromatic heterocycles. The van der Waals surface area contributed by atoms with E-state index in [9.17, 15) is 0 Å². The number of hydrogen-bond acceptors (Lipinski definition) is 2. The molecule has 66 valence electrons. The highest BCUT2D eigenvalue weighted by molar-refractivity contribution is 5.12. The van der Waals surface area contributed by atoms with Crippen LogP contribution in [-0.4, -0.2) is 11.7 Å². The summed E-state index contributed by atoms with van der Waals surface area (Å²) in [7, 11) is 0. The molecule has 2 nitrogen and oxygen atoms in total. The molecule has 2 heteroatoms. The Kier molecular flexibility index (Phi) is 6.04. The summed E-state index contributed by atoms with van der Waals surface area (Å²) < 4.78 is 0. The minimum absolute atomic E-state index is 0.126. The van der Waals surface area contributed by atoms with Gasteiger partial charge in [0.2, 0.25) is 0 Å². The topological polar surface area (TPSA) is 44.0 Å². The summed E-state index contributed by atoms with van der Waals surface area (Å²) in [5.41, 5.74) is 2.07. The van der Waals surface area contributed by atoms with Crippen LogP contribution in [0.15, 0.2) is 23.3 Å². The molecule has 0 aliphatic heterocycles. The number of aliphatic hydroxyl groups excluding tert-OH is 1. The molecule has 0 bridgehead atoms. The second kappa shape index (κ2) is 6.63. The van der Waals surface area contributed by atoms with Gasteiger partial charge in [-0.1, -0.05) is 17.2 Å². The van der Waals surface area contributed by atoms with E-state index < -0.39 is 0 Å². The molecule has 0 aliphatic rings. The van der Waals surface area contributed by atoms with Crippen LogP contribution in [0.25, 0.3) is 0 Å². The van der Waals surface area contributed by atoms with Crippen molar-refractivity contribution in [1.29, 1.82) is 5.26 Å². The maximum atomic E-state index is 8.67. The molecule has 0 aromatic carbocycles. The molecule has 0 rings (SSSR count). The molecule has 1 N–H and O–H groups in total. The van der Waals surface area contributed by atoms with Gasteiger partial charge >= 0.3 is 0 Å². The Balaban J connectivity index is 3.72. The Morgan fingerprint density at radius 3 is 2.58 bits per heavy atom. The fraction of sp³-hybridized carbons (Fsp3) is 0.500. The first kappa shape index (κ1) is 10.9. The second-order valence-corrected chi connectivity index (χ2v) is 2.87. The lowest BCUT2D eigenvalue weighted by Gasteiger charge is -1.96. The largest absolute Gasteiger partial charge is 0.392 e. The van der Waals surface area contributed by atoms with Crippen LogP contribution >= 0.6 is 0 Å². The standard InChI is InChI=1S/C10H15NO/c1-9(6-7-11)4-3-5-10(2)8-12/h5-6,12H,3-4,8H2,1-2H3/b9-6+,10-5+. The van der Waals surface area contributed by atoms with Gasteiger partial charge in [-0.3, -0.25) is 0 Å². The normalized spacial score (nSPS) is 12.8. The summed E-state index contributed by atoms with van der Waals surface area (Å²) in [5, 5.41) is 17.0. The minimum atomic E-state index is 0.126. The number of allylic oxidation sites excluding steroid dienone is 3. The van der Waals surface area contributed by atoms with Gasteiger partial charge in [-0.25, -0.2) is 0 Å². The molecule has 0 saturated carbocycles. The monoisotopic (exact) mass is 165 g/mol. The van der Waals surface area contributed by atoms with Crippen LogP contribution in [0.5, 0.6) is 0 Å². The zero-order valence-electron chi connectivity index (χ0n) is 7.67. The van der Waals surface area contributed by atoms with E-state index in [1.807, 2.05) is 26.0 Å². The quantitative estimate of drug-likeness (QED) is 0.512. The molecule has 0 radical (unpaired) electrons. The van der Waals surface area contributed by atoms with Gasteiger partial charge < -0.3 is 5.11 Å². The maximum Gasteiger partial charge on any atom is 0.0911 e. The van der Waals surface area contributed by atoms with Gasteiger partial charge in [0.25, 0.3) is 0 Å². The minimum Gasteiger partial charge on any atom is -0.392 e. The molecule has 0 atom stereocenters. The third-order valence-corrected chi connectivity index (χ3v) is 1.59. The highest BCUT2D eigenvalue weighted by atomic mass is 16.3. The van der Waals surface area contributed by atoms with Crippen molar-refractivity contribution < 1.29 is 5.11 Å². The van der Waals surface area contributed by atoms with Gasteiger partial charge in [-0.15, -0.1) is 0 Å². The summed E-state index contributed by atoms with van der Waals surface area (Å²) in [6, 6.07) is 1.99. The Hall–Kier alpha value is -1.07. The highest BCUT2D eigenvalue weighted by Gasteiger charge is 1.88. The Labute approximate surface area is 73.8 Å². The SMILES string of the molecule is C/C(=C\CC/C(C)=C/C#N)CO. The van der Waals surface area contributed by atoms with Crippen LogP contribution in [-0.2, 0) is 0 Å². The van der Waals surface area contributed by atoms with E-state index in [1.165, 1.54) is 0 Å². The van der Waals surface area contributed by atoms with Crippen molar-refractivity contribution in [2.75, 3.05) is 6.61 Å². The number of aliphatic hydroxyl groups is 1. The average Bonchev–Trinajstić information content (AvgIpc) is 2.04. The van der Waals surface area contributed by atoms with Crippen LogP contribution in [0.3, 0.4) is 0 Å². The molecule has 0 aliphatic carbocycles. The highest BCUT2D eigenvalue weighted by Crippen LogP contribution is 2.05. The van der Waals surface area contributed by atoms with Crippen molar-refractivity contribution in [2.45, 2.75) is 26.7 Å². The van der Waals surface area contributed by atoms with E-state index in [0.29, 0.717) is 0 Å². The first-order valence-corrected chi connectivity index (χ1v) is 4.02. The van der Waals surface area contributed by atoms with E-state index in [4.69, 9.17) is 10.4 Å². The van der Waals surface area contributed by atoms with Crippen LogP contribution < -0.4 is 0 Å².